The Morgan fingerprint density at radius 2 is 2.29 bits per heavy atom. The number of benzene rings is 1. The van der Waals surface area contributed by atoms with E-state index < -0.39 is 4.92 Å². The van der Waals surface area contributed by atoms with Crippen molar-refractivity contribution in [3.63, 3.8) is 0 Å². The van der Waals surface area contributed by atoms with Crippen molar-refractivity contribution in [2.75, 3.05) is 13.1 Å². The Morgan fingerprint density at radius 3 is 3.10 bits per heavy atom. The Bertz CT molecular complexity index is 1210. The van der Waals surface area contributed by atoms with E-state index in [9.17, 15) is 14.9 Å². The normalized spacial score (nSPS) is 20.2. The highest BCUT2D eigenvalue weighted by Crippen LogP contribution is 2.37. The number of nitrogens with zero attached hydrogens (tertiary/aromatic N) is 3. The molecule has 1 aromatic carbocycles. The van der Waals surface area contributed by atoms with Gasteiger partial charge in [0.2, 0.25) is 0 Å². The van der Waals surface area contributed by atoms with Gasteiger partial charge in [-0.05, 0) is 43.5 Å². The first-order chi connectivity index (χ1) is 15.0. The maximum absolute atomic E-state index is 12.5. The number of aryl methyl sites for hydroxylation is 2. The van der Waals surface area contributed by atoms with E-state index in [0.717, 1.165) is 32.4 Å². The molecule has 0 fully saturated rings. The number of hydrogen-bond donors (Lipinski definition) is 2. The van der Waals surface area contributed by atoms with Crippen molar-refractivity contribution >= 4 is 28.9 Å². The second kappa shape index (κ2) is 7.66. The second-order valence-electron chi connectivity index (χ2n) is 8.29. The summed E-state index contributed by atoms with van der Waals surface area (Å²) >= 11 is 0. The first-order valence-corrected chi connectivity index (χ1v) is 10.5. The Kier molecular flexibility index (Phi) is 4.82. The molecule has 1 amide bonds. The first-order valence-electron chi connectivity index (χ1n) is 10.5. The van der Waals surface area contributed by atoms with E-state index >= 15 is 0 Å². The molecular formula is C22H24N5O4+. The average molecular weight is 422 g/mol. The molecule has 0 saturated heterocycles. The number of aromatic nitrogens is 1. The highest BCUT2D eigenvalue weighted by atomic mass is 16.6. The molecule has 31 heavy (non-hydrogen) atoms. The number of carbonyl (C=O) groups excluding carboxylic acids is 1. The summed E-state index contributed by atoms with van der Waals surface area (Å²) in [5.41, 5.74) is 7.95. The molecule has 160 valence electrons. The van der Waals surface area contributed by atoms with E-state index in [2.05, 4.69) is 40.2 Å². The fraction of sp³-hybridized carbons (Fsp3) is 0.364. The molecule has 2 N–H and O–H groups in total. The SMILES string of the molecule is Cc1ccc2c(c1)c1c3n2CC[NH+](CC(=O)N/N=C\c2ccc([N+](=O)[O-])o2)[C@H]3CCC1. The molecule has 1 aliphatic carbocycles. The molecule has 2 atom stereocenters. The summed E-state index contributed by atoms with van der Waals surface area (Å²) in [5.74, 6) is -0.321. The fourth-order valence-corrected chi connectivity index (χ4v) is 5.04. The van der Waals surface area contributed by atoms with E-state index in [0.29, 0.717) is 12.6 Å². The maximum Gasteiger partial charge on any atom is 0.433 e. The van der Waals surface area contributed by atoms with Crippen LogP contribution in [0.2, 0.25) is 0 Å². The van der Waals surface area contributed by atoms with Gasteiger partial charge in [-0.25, -0.2) is 5.43 Å². The Hall–Kier alpha value is -3.46. The zero-order chi connectivity index (χ0) is 21.5. The lowest BCUT2D eigenvalue weighted by Crippen LogP contribution is -3.14. The van der Waals surface area contributed by atoms with Crippen molar-refractivity contribution in [1.82, 2.24) is 9.99 Å². The molecule has 5 rings (SSSR count). The minimum Gasteiger partial charge on any atom is -0.400 e. The predicted molar refractivity (Wildman–Crippen MR) is 114 cm³/mol. The topological polar surface area (TPSA) is 107 Å². The van der Waals surface area contributed by atoms with Crippen LogP contribution in [-0.2, 0) is 17.8 Å². The molecule has 9 nitrogen and oxygen atoms in total. The average Bonchev–Trinajstić information content (AvgIpc) is 3.34. The molecule has 2 aromatic heterocycles. The van der Waals surface area contributed by atoms with Crippen LogP contribution in [-0.4, -0.2) is 34.7 Å². The third kappa shape index (κ3) is 3.50. The van der Waals surface area contributed by atoms with Gasteiger partial charge in [-0.1, -0.05) is 11.6 Å². The Morgan fingerprint density at radius 1 is 1.42 bits per heavy atom. The molecule has 2 aliphatic rings. The van der Waals surface area contributed by atoms with Crippen LogP contribution in [0.1, 0.15) is 41.5 Å². The minimum absolute atomic E-state index is 0.181. The van der Waals surface area contributed by atoms with Gasteiger partial charge in [-0.3, -0.25) is 14.9 Å². The third-order valence-electron chi connectivity index (χ3n) is 6.33. The summed E-state index contributed by atoms with van der Waals surface area (Å²) < 4.78 is 7.46. The number of fused-ring (bicyclic) bond motifs is 3. The Balaban J connectivity index is 1.30. The highest BCUT2D eigenvalue weighted by molar-refractivity contribution is 5.87. The monoisotopic (exact) mass is 422 g/mol. The summed E-state index contributed by atoms with van der Waals surface area (Å²) in [7, 11) is 0. The van der Waals surface area contributed by atoms with Crippen molar-refractivity contribution in [2.45, 2.75) is 38.8 Å². The van der Waals surface area contributed by atoms with Crippen molar-refractivity contribution < 1.29 is 19.0 Å². The van der Waals surface area contributed by atoms with Crippen molar-refractivity contribution in [3.05, 3.63) is 63.0 Å². The number of furan rings is 1. The summed E-state index contributed by atoms with van der Waals surface area (Å²) in [4.78, 5) is 23.8. The standard InChI is InChI=1S/C22H23N5O4/c1-14-5-7-18-17(11-14)16-3-2-4-19-22(16)26(18)10-9-25(19)13-20(28)24-23-12-15-6-8-21(31-15)27(29)30/h5-8,11-12,19H,2-4,9-10,13H2,1H3,(H,24,28)/p+1/b23-12-/t19-/m0/s1. The molecule has 0 saturated carbocycles. The lowest BCUT2D eigenvalue weighted by Gasteiger charge is -2.36. The molecular weight excluding hydrogens is 398 g/mol. The van der Waals surface area contributed by atoms with Crippen LogP contribution in [0, 0.1) is 17.0 Å². The lowest BCUT2D eigenvalue weighted by molar-refractivity contribution is -0.929. The van der Waals surface area contributed by atoms with Gasteiger partial charge >= 0.3 is 5.88 Å². The third-order valence-corrected chi connectivity index (χ3v) is 6.33. The van der Waals surface area contributed by atoms with Gasteiger partial charge in [-0.15, -0.1) is 0 Å². The molecule has 3 heterocycles. The predicted octanol–water partition coefficient (Wildman–Crippen LogP) is 1.88. The first kappa shape index (κ1) is 19.5. The van der Waals surface area contributed by atoms with Crippen LogP contribution in [0.4, 0.5) is 5.88 Å². The van der Waals surface area contributed by atoms with E-state index in [-0.39, 0.29) is 17.6 Å². The van der Waals surface area contributed by atoms with Crippen molar-refractivity contribution in [2.24, 2.45) is 5.10 Å². The van der Waals surface area contributed by atoms with Crippen LogP contribution in [0.3, 0.4) is 0 Å². The summed E-state index contributed by atoms with van der Waals surface area (Å²) in [6.07, 6.45) is 4.57. The number of hydrogen-bond acceptors (Lipinski definition) is 5. The number of hydrazone groups is 1. The molecule has 1 unspecified atom stereocenters. The van der Waals surface area contributed by atoms with Gasteiger partial charge in [0.05, 0.1) is 31.1 Å². The Labute approximate surface area is 178 Å². The zero-order valence-electron chi connectivity index (χ0n) is 17.3. The van der Waals surface area contributed by atoms with Gasteiger partial charge in [0, 0.05) is 17.3 Å². The summed E-state index contributed by atoms with van der Waals surface area (Å²) in [6.45, 7) is 4.25. The minimum atomic E-state index is -0.616. The molecule has 9 heteroatoms. The zero-order valence-corrected chi connectivity index (χ0v) is 17.3. The van der Waals surface area contributed by atoms with Crippen LogP contribution < -0.4 is 10.3 Å². The number of quaternary nitrogens is 1. The number of carbonyl (C=O) groups is 1. The van der Waals surface area contributed by atoms with Crippen molar-refractivity contribution in [1.29, 1.82) is 0 Å². The summed E-state index contributed by atoms with van der Waals surface area (Å²) in [5, 5.41) is 15.9. The van der Waals surface area contributed by atoms with E-state index in [1.165, 1.54) is 51.0 Å². The van der Waals surface area contributed by atoms with Gasteiger partial charge in [-0.2, -0.15) is 5.10 Å². The van der Waals surface area contributed by atoms with E-state index in [4.69, 9.17) is 4.42 Å². The van der Waals surface area contributed by atoms with Crippen LogP contribution >= 0.6 is 0 Å². The van der Waals surface area contributed by atoms with Gasteiger partial charge in [0.15, 0.2) is 12.3 Å². The molecule has 3 aromatic rings. The van der Waals surface area contributed by atoms with E-state index in [1.54, 1.807) is 0 Å². The quantitative estimate of drug-likeness (QED) is 0.372. The molecule has 0 spiro atoms. The largest absolute Gasteiger partial charge is 0.433 e. The van der Waals surface area contributed by atoms with Crippen LogP contribution in [0.15, 0.2) is 39.9 Å². The molecule has 0 bridgehead atoms. The molecule has 0 radical (unpaired) electrons. The van der Waals surface area contributed by atoms with E-state index in [1.807, 2.05) is 0 Å². The fourth-order valence-electron chi connectivity index (χ4n) is 5.04. The lowest BCUT2D eigenvalue weighted by atomic mass is 9.89. The number of rotatable bonds is 5. The van der Waals surface area contributed by atoms with Gasteiger partial charge < -0.3 is 13.9 Å². The van der Waals surface area contributed by atoms with Crippen LogP contribution in [0.5, 0.6) is 0 Å². The maximum atomic E-state index is 12.5. The van der Waals surface area contributed by atoms with Gasteiger partial charge in [0.1, 0.15) is 11.0 Å². The smallest absolute Gasteiger partial charge is 0.400 e. The number of amides is 1. The van der Waals surface area contributed by atoms with Crippen LogP contribution in [0.25, 0.3) is 10.9 Å². The van der Waals surface area contributed by atoms with Gasteiger partial charge in [0.25, 0.3) is 5.91 Å². The number of nitro groups is 1. The highest BCUT2D eigenvalue weighted by Gasteiger charge is 2.38. The summed E-state index contributed by atoms with van der Waals surface area (Å²) in [6, 6.07) is 9.69. The molecule has 1 aliphatic heterocycles. The van der Waals surface area contributed by atoms with Crippen molar-refractivity contribution in [3.8, 4) is 0 Å². The second-order valence-corrected chi connectivity index (χ2v) is 8.29. The number of nitrogens with one attached hydrogen (secondary N) is 2.